The Hall–Kier alpha value is -2.54. The molecule has 1 aromatic heterocycles. The first kappa shape index (κ1) is 18.8. The molecular weight excluding hydrogens is 354 g/mol. The number of carbonyl (C=O) groups excluding carboxylic acids is 2. The Morgan fingerprint density at radius 3 is 2.48 bits per heavy atom. The highest BCUT2D eigenvalue weighted by atomic mass is 35.5. The number of hydrogen-bond acceptors (Lipinski definition) is 4. The number of carbonyl (C=O) groups is 2. The second kappa shape index (κ2) is 8.02. The third-order valence-corrected chi connectivity index (χ3v) is 3.72. The van der Waals surface area contributed by atoms with E-state index in [2.05, 4.69) is 9.72 Å². The summed E-state index contributed by atoms with van der Waals surface area (Å²) in [5, 5.41) is 0.146. The number of hydrogen-bond donors (Lipinski definition) is 0. The van der Waals surface area contributed by atoms with Crippen molar-refractivity contribution in [3.05, 3.63) is 47.1 Å². The number of nitrogens with zero attached hydrogens (tertiary/aromatic N) is 2. The molecule has 2 aromatic rings. The number of halogens is 3. The third-order valence-electron chi connectivity index (χ3n) is 3.42. The van der Waals surface area contributed by atoms with Gasteiger partial charge in [0.05, 0.1) is 35.6 Å². The Labute approximate surface area is 148 Å². The number of pyridine rings is 1. The van der Waals surface area contributed by atoms with Crippen LogP contribution in [0.25, 0.3) is 11.3 Å². The zero-order valence-electron chi connectivity index (χ0n) is 13.5. The summed E-state index contributed by atoms with van der Waals surface area (Å²) in [6.07, 6.45) is -1.31. The summed E-state index contributed by atoms with van der Waals surface area (Å²) >= 11 is 6.17. The SMILES string of the molecule is COC(=O)c1ccc(-c2ccc(N(CC(F)F)C(C)=O)c(Cl)c2)nc1. The highest BCUT2D eigenvalue weighted by Crippen LogP contribution is 2.31. The van der Waals surface area contributed by atoms with Crippen molar-refractivity contribution in [2.45, 2.75) is 13.3 Å². The van der Waals surface area contributed by atoms with E-state index >= 15 is 0 Å². The molecule has 1 aromatic carbocycles. The highest BCUT2D eigenvalue weighted by Gasteiger charge is 2.19. The number of rotatable bonds is 5. The molecule has 0 saturated heterocycles. The Morgan fingerprint density at radius 1 is 1.28 bits per heavy atom. The Bertz CT molecular complexity index is 782. The predicted octanol–water partition coefficient (Wildman–Crippen LogP) is 3.81. The van der Waals surface area contributed by atoms with Crippen molar-refractivity contribution >= 4 is 29.2 Å². The van der Waals surface area contributed by atoms with Gasteiger partial charge in [0.2, 0.25) is 5.91 Å². The van der Waals surface area contributed by atoms with E-state index in [4.69, 9.17) is 11.6 Å². The predicted molar refractivity (Wildman–Crippen MR) is 90.1 cm³/mol. The monoisotopic (exact) mass is 368 g/mol. The molecule has 0 N–H and O–H groups in total. The largest absolute Gasteiger partial charge is 0.465 e. The zero-order valence-corrected chi connectivity index (χ0v) is 14.3. The maximum Gasteiger partial charge on any atom is 0.339 e. The average molecular weight is 369 g/mol. The molecule has 0 atom stereocenters. The van der Waals surface area contributed by atoms with E-state index in [-0.39, 0.29) is 10.7 Å². The van der Waals surface area contributed by atoms with Crippen LogP contribution in [-0.2, 0) is 9.53 Å². The normalized spacial score (nSPS) is 10.6. The van der Waals surface area contributed by atoms with Crippen LogP contribution >= 0.6 is 11.6 Å². The fourth-order valence-corrected chi connectivity index (χ4v) is 2.51. The topological polar surface area (TPSA) is 59.5 Å². The second-order valence-corrected chi connectivity index (χ2v) is 5.52. The smallest absolute Gasteiger partial charge is 0.339 e. The van der Waals surface area contributed by atoms with Gasteiger partial charge in [0.1, 0.15) is 0 Å². The number of aromatic nitrogens is 1. The van der Waals surface area contributed by atoms with Gasteiger partial charge in [0.15, 0.2) is 0 Å². The van der Waals surface area contributed by atoms with Crippen LogP contribution in [0.5, 0.6) is 0 Å². The lowest BCUT2D eigenvalue weighted by molar-refractivity contribution is -0.117. The summed E-state index contributed by atoms with van der Waals surface area (Å²) < 4.78 is 29.9. The lowest BCUT2D eigenvalue weighted by Gasteiger charge is -2.22. The van der Waals surface area contributed by atoms with E-state index < -0.39 is 24.8 Å². The quantitative estimate of drug-likeness (QED) is 0.753. The van der Waals surface area contributed by atoms with Gasteiger partial charge >= 0.3 is 5.97 Å². The van der Waals surface area contributed by atoms with E-state index in [1.807, 2.05) is 0 Å². The molecular formula is C17H15ClF2N2O3. The third kappa shape index (κ3) is 4.51. The Balaban J connectivity index is 2.32. The van der Waals surface area contributed by atoms with Gasteiger partial charge in [-0.05, 0) is 24.3 Å². The van der Waals surface area contributed by atoms with Crippen LogP contribution in [0.3, 0.4) is 0 Å². The first-order valence-electron chi connectivity index (χ1n) is 7.24. The summed E-state index contributed by atoms with van der Waals surface area (Å²) in [4.78, 5) is 28.1. The van der Waals surface area contributed by atoms with Crippen LogP contribution in [0.2, 0.25) is 5.02 Å². The number of benzene rings is 1. The fourth-order valence-electron chi connectivity index (χ4n) is 2.22. The fraction of sp³-hybridized carbons (Fsp3) is 0.235. The molecule has 0 aliphatic heterocycles. The Kier molecular flexibility index (Phi) is 6.03. The second-order valence-electron chi connectivity index (χ2n) is 5.11. The summed E-state index contributed by atoms with van der Waals surface area (Å²) in [5.74, 6) is -1.04. The first-order valence-corrected chi connectivity index (χ1v) is 7.61. The molecule has 0 aliphatic carbocycles. The van der Waals surface area contributed by atoms with Crippen molar-refractivity contribution in [3.63, 3.8) is 0 Å². The summed E-state index contributed by atoms with van der Waals surface area (Å²) in [5.41, 5.74) is 1.65. The van der Waals surface area contributed by atoms with Crippen molar-refractivity contribution in [2.24, 2.45) is 0 Å². The molecule has 0 fully saturated rings. The maximum absolute atomic E-state index is 12.7. The summed E-state index contributed by atoms with van der Waals surface area (Å²) in [6.45, 7) is 0.459. The molecule has 0 radical (unpaired) electrons. The first-order chi connectivity index (χ1) is 11.8. The van der Waals surface area contributed by atoms with Gasteiger partial charge < -0.3 is 9.64 Å². The zero-order chi connectivity index (χ0) is 18.6. The summed E-state index contributed by atoms with van der Waals surface area (Å²) in [7, 11) is 1.27. The number of anilines is 1. The Morgan fingerprint density at radius 2 is 2.00 bits per heavy atom. The molecule has 1 heterocycles. The molecule has 5 nitrogen and oxygen atoms in total. The lowest BCUT2D eigenvalue weighted by Crippen LogP contribution is -2.33. The molecule has 0 spiro atoms. The minimum absolute atomic E-state index is 0.146. The van der Waals surface area contributed by atoms with Gasteiger partial charge in [-0.2, -0.15) is 0 Å². The van der Waals surface area contributed by atoms with Crippen molar-refractivity contribution in [1.82, 2.24) is 4.98 Å². The number of methoxy groups -OCH3 is 1. The van der Waals surface area contributed by atoms with E-state index in [0.717, 1.165) is 4.90 Å². The number of ether oxygens (including phenoxy) is 1. The van der Waals surface area contributed by atoms with E-state index in [1.54, 1.807) is 18.2 Å². The molecule has 1 amide bonds. The van der Waals surface area contributed by atoms with Crippen molar-refractivity contribution in [2.75, 3.05) is 18.6 Å². The van der Waals surface area contributed by atoms with Crippen LogP contribution in [0.15, 0.2) is 36.5 Å². The molecule has 0 aliphatic rings. The van der Waals surface area contributed by atoms with Crippen LogP contribution in [0.1, 0.15) is 17.3 Å². The van der Waals surface area contributed by atoms with Crippen LogP contribution in [0, 0.1) is 0 Å². The molecule has 132 valence electrons. The minimum atomic E-state index is -2.67. The van der Waals surface area contributed by atoms with Gasteiger partial charge in [-0.25, -0.2) is 13.6 Å². The van der Waals surface area contributed by atoms with Crippen LogP contribution < -0.4 is 4.90 Å². The van der Waals surface area contributed by atoms with Gasteiger partial charge in [0.25, 0.3) is 6.43 Å². The molecule has 8 heteroatoms. The van der Waals surface area contributed by atoms with Gasteiger partial charge in [-0.15, -0.1) is 0 Å². The van der Waals surface area contributed by atoms with Gasteiger partial charge in [-0.3, -0.25) is 9.78 Å². The highest BCUT2D eigenvalue weighted by molar-refractivity contribution is 6.34. The molecule has 0 saturated carbocycles. The van der Waals surface area contributed by atoms with Gasteiger partial charge in [-0.1, -0.05) is 17.7 Å². The minimum Gasteiger partial charge on any atom is -0.465 e. The number of amides is 1. The van der Waals surface area contributed by atoms with E-state index in [1.165, 1.54) is 32.4 Å². The van der Waals surface area contributed by atoms with Crippen molar-refractivity contribution < 1.29 is 23.1 Å². The summed E-state index contributed by atoms with van der Waals surface area (Å²) in [6, 6.07) is 7.78. The number of esters is 1. The van der Waals surface area contributed by atoms with Crippen molar-refractivity contribution in [1.29, 1.82) is 0 Å². The molecule has 0 bridgehead atoms. The molecule has 25 heavy (non-hydrogen) atoms. The van der Waals surface area contributed by atoms with Crippen LogP contribution in [-0.4, -0.2) is 36.9 Å². The average Bonchev–Trinajstić information content (AvgIpc) is 2.59. The maximum atomic E-state index is 12.7. The standard InChI is InChI=1S/C17H15ClF2N2O3/c1-10(23)22(9-16(19)20)15-6-4-11(7-13(15)18)14-5-3-12(8-21-14)17(24)25-2/h3-8,16H,9H2,1-2H3. The van der Waals surface area contributed by atoms with Crippen LogP contribution in [0.4, 0.5) is 14.5 Å². The number of alkyl halides is 2. The van der Waals surface area contributed by atoms with Gasteiger partial charge in [0, 0.05) is 18.7 Å². The molecule has 2 rings (SSSR count). The van der Waals surface area contributed by atoms with E-state index in [9.17, 15) is 18.4 Å². The van der Waals surface area contributed by atoms with Crippen molar-refractivity contribution in [3.8, 4) is 11.3 Å². The molecule has 0 unspecified atom stereocenters. The van der Waals surface area contributed by atoms with E-state index in [0.29, 0.717) is 16.8 Å². The lowest BCUT2D eigenvalue weighted by atomic mass is 10.1.